The highest BCUT2D eigenvalue weighted by molar-refractivity contribution is 5.77. The summed E-state index contributed by atoms with van der Waals surface area (Å²) in [5.74, 6) is 0.641. The Kier molecular flexibility index (Phi) is 5.60. The highest BCUT2D eigenvalue weighted by atomic mass is 16.7. The van der Waals surface area contributed by atoms with Crippen LogP contribution in [0.1, 0.15) is 26.2 Å². The van der Waals surface area contributed by atoms with Gasteiger partial charge in [-0.15, -0.1) is 0 Å². The molecule has 1 rings (SSSR count). The first-order valence-corrected chi connectivity index (χ1v) is 5.45. The van der Waals surface area contributed by atoms with Crippen LogP contribution in [0.5, 0.6) is 0 Å². The van der Waals surface area contributed by atoms with Crippen molar-refractivity contribution in [3.05, 3.63) is 0 Å². The SMILES string of the molecule is CC(N)=NCCCCC(N)C1OCCO1. The molecule has 1 aliphatic rings. The van der Waals surface area contributed by atoms with Crippen molar-refractivity contribution in [1.29, 1.82) is 0 Å². The minimum absolute atomic E-state index is 0.0181. The number of unbranched alkanes of at least 4 members (excludes halogenated alkanes) is 1. The number of rotatable bonds is 6. The molecule has 88 valence electrons. The quantitative estimate of drug-likeness (QED) is 0.377. The molecule has 0 aromatic heterocycles. The lowest BCUT2D eigenvalue weighted by Gasteiger charge is -2.17. The van der Waals surface area contributed by atoms with Crippen molar-refractivity contribution >= 4 is 5.84 Å². The Morgan fingerprint density at radius 1 is 1.40 bits per heavy atom. The molecule has 0 aromatic rings. The molecule has 1 aliphatic heterocycles. The van der Waals surface area contributed by atoms with E-state index in [9.17, 15) is 0 Å². The van der Waals surface area contributed by atoms with Crippen LogP contribution in [0.4, 0.5) is 0 Å². The molecule has 1 atom stereocenters. The van der Waals surface area contributed by atoms with Crippen LogP contribution in [0.25, 0.3) is 0 Å². The molecular formula is C10H21N3O2. The summed E-state index contributed by atoms with van der Waals surface area (Å²) >= 11 is 0. The second-order valence-corrected chi connectivity index (χ2v) is 3.79. The lowest BCUT2D eigenvalue weighted by atomic mass is 10.1. The van der Waals surface area contributed by atoms with Crippen molar-refractivity contribution in [3.63, 3.8) is 0 Å². The van der Waals surface area contributed by atoms with E-state index in [-0.39, 0.29) is 12.3 Å². The fourth-order valence-corrected chi connectivity index (χ4v) is 1.51. The first-order valence-electron chi connectivity index (χ1n) is 5.45. The predicted octanol–water partition coefficient (Wildman–Crippen LogP) is 0.234. The molecule has 1 fully saturated rings. The van der Waals surface area contributed by atoms with E-state index in [2.05, 4.69) is 4.99 Å². The zero-order valence-corrected chi connectivity index (χ0v) is 9.32. The van der Waals surface area contributed by atoms with E-state index in [4.69, 9.17) is 20.9 Å². The van der Waals surface area contributed by atoms with Crippen molar-refractivity contribution in [3.8, 4) is 0 Å². The molecule has 0 saturated carbocycles. The van der Waals surface area contributed by atoms with Crippen LogP contribution in [0.2, 0.25) is 0 Å². The predicted molar refractivity (Wildman–Crippen MR) is 59.7 cm³/mol. The van der Waals surface area contributed by atoms with E-state index in [0.717, 1.165) is 25.8 Å². The fourth-order valence-electron chi connectivity index (χ4n) is 1.51. The maximum absolute atomic E-state index is 5.91. The summed E-state index contributed by atoms with van der Waals surface area (Å²) in [6.45, 7) is 3.90. The second-order valence-electron chi connectivity index (χ2n) is 3.79. The van der Waals surface area contributed by atoms with Gasteiger partial charge in [0.1, 0.15) is 0 Å². The topological polar surface area (TPSA) is 82.9 Å². The Morgan fingerprint density at radius 2 is 2.07 bits per heavy atom. The molecule has 1 heterocycles. The summed E-state index contributed by atoms with van der Waals surface area (Å²) in [4.78, 5) is 4.11. The Balaban J connectivity index is 2.01. The van der Waals surface area contributed by atoms with Crippen LogP contribution in [-0.2, 0) is 9.47 Å². The molecule has 0 radical (unpaired) electrons. The zero-order valence-electron chi connectivity index (χ0n) is 9.32. The summed E-state index contributed by atoms with van der Waals surface area (Å²) in [5, 5.41) is 0. The standard InChI is InChI=1S/C10H21N3O2/c1-8(11)13-5-3-2-4-9(12)10-14-6-7-15-10/h9-10H,2-7,12H2,1H3,(H2,11,13). The summed E-state index contributed by atoms with van der Waals surface area (Å²) in [7, 11) is 0. The van der Waals surface area contributed by atoms with Gasteiger partial charge in [-0.05, 0) is 26.2 Å². The van der Waals surface area contributed by atoms with Crippen molar-refractivity contribution in [2.24, 2.45) is 16.5 Å². The van der Waals surface area contributed by atoms with Crippen LogP contribution in [-0.4, -0.2) is 37.9 Å². The van der Waals surface area contributed by atoms with Gasteiger partial charge < -0.3 is 20.9 Å². The first kappa shape index (κ1) is 12.4. The normalized spacial score (nSPS) is 20.8. The van der Waals surface area contributed by atoms with Crippen LogP contribution in [0.3, 0.4) is 0 Å². The number of nitrogens with zero attached hydrogens (tertiary/aromatic N) is 1. The van der Waals surface area contributed by atoms with Gasteiger partial charge >= 0.3 is 0 Å². The third kappa shape index (κ3) is 5.11. The molecule has 1 saturated heterocycles. The third-order valence-electron chi connectivity index (χ3n) is 2.30. The molecule has 0 aliphatic carbocycles. The number of ether oxygens (including phenoxy) is 2. The van der Waals surface area contributed by atoms with E-state index in [1.54, 1.807) is 6.92 Å². The van der Waals surface area contributed by atoms with Crippen LogP contribution >= 0.6 is 0 Å². The molecule has 0 bridgehead atoms. The van der Waals surface area contributed by atoms with Gasteiger partial charge in [0.2, 0.25) is 0 Å². The third-order valence-corrected chi connectivity index (χ3v) is 2.30. The summed E-state index contributed by atoms with van der Waals surface area (Å²) in [5.41, 5.74) is 11.3. The maximum atomic E-state index is 5.91. The zero-order chi connectivity index (χ0) is 11.1. The highest BCUT2D eigenvalue weighted by Gasteiger charge is 2.22. The number of hydrogen-bond acceptors (Lipinski definition) is 4. The average molecular weight is 215 g/mol. The Morgan fingerprint density at radius 3 is 2.67 bits per heavy atom. The molecule has 0 spiro atoms. The first-order chi connectivity index (χ1) is 7.20. The number of aliphatic imine (C=N–C) groups is 1. The van der Waals surface area contributed by atoms with Gasteiger partial charge in [0.15, 0.2) is 6.29 Å². The number of amidine groups is 1. The largest absolute Gasteiger partial charge is 0.388 e. The van der Waals surface area contributed by atoms with E-state index in [1.807, 2.05) is 0 Å². The molecule has 5 nitrogen and oxygen atoms in total. The van der Waals surface area contributed by atoms with E-state index < -0.39 is 0 Å². The molecule has 0 aromatic carbocycles. The Bertz CT molecular complexity index is 199. The van der Waals surface area contributed by atoms with Gasteiger partial charge in [0.05, 0.1) is 25.1 Å². The molecule has 5 heteroatoms. The van der Waals surface area contributed by atoms with Gasteiger partial charge in [-0.3, -0.25) is 4.99 Å². The Labute approximate surface area is 90.8 Å². The van der Waals surface area contributed by atoms with Crippen molar-refractivity contribution in [2.75, 3.05) is 19.8 Å². The van der Waals surface area contributed by atoms with Gasteiger partial charge in [0.25, 0.3) is 0 Å². The Hall–Kier alpha value is -0.650. The number of hydrogen-bond donors (Lipinski definition) is 2. The van der Waals surface area contributed by atoms with Gasteiger partial charge in [-0.25, -0.2) is 0 Å². The smallest absolute Gasteiger partial charge is 0.172 e. The summed E-state index contributed by atoms with van der Waals surface area (Å²) in [6.07, 6.45) is 2.74. The van der Waals surface area contributed by atoms with E-state index >= 15 is 0 Å². The van der Waals surface area contributed by atoms with Gasteiger partial charge in [-0.2, -0.15) is 0 Å². The minimum Gasteiger partial charge on any atom is -0.388 e. The lowest BCUT2D eigenvalue weighted by molar-refractivity contribution is -0.0606. The number of nitrogens with two attached hydrogens (primary N) is 2. The fraction of sp³-hybridized carbons (Fsp3) is 0.900. The summed E-state index contributed by atoms with van der Waals surface area (Å²) < 4.78 is 10.6. The molecular weight excluding hydrogens is 194 g/mol. The molecule has 15 heavy (non-hydrogen) atoms. The van der Waals surface area contributed by atoms with E-state index in [0.29, 0.717) is 19.0 Å². The summed E-state index contributed by atoms with van der Waals surface area (Å²) in [6, 6.07) is -0.0181. The van der Waals surface area contributed by atoms with Gasteiger partial charge in [0, 0.05) is 6.54 Å². The molecule has 4 N–H and O–H groups in total. The minimum atomic E-state index is -0.204. The highest BCUT2D eigenvalue weighted by Crippen LogP contribution is 2.11. The lowest BCUT2D eigenvalue weighted by Crippen LogP contribution is -2.35. The van der Waals surface area contributed by atoms with Crippen LogP contribution in [0, 0.1) is 0 Å². The molecule has 0 amide bonds. The van der Waals surface area contributed by atoms with Crippen molar-refractivity contribution in [2.45, 2.75) is 38.5 Å². The second kappa shape index (κ2) is 6.76. The van der Waals surface area contributed by atoms with Crippen LogP contribution < -0.4 is 11.5 Å². The van der Waals surface area contributed by atoms with Crippen molar-refractivity contribution in [1.82, 2.24) is 0 Å². The van der Waals surface area contributed by atoms with Crippen LogP contribution in [0.15, 0.2) is 4.99 Å². The van der Waals surface area contributed by atoms with Gasteiger partial charge in [-0.1, -0.05) is 0 Å². The molecule has 1 unspecified atom stereocenters. The van der Waals surface area contributed by atoms with Crippen molar-refractivity contribution < 1.29 is 9.47 Å². The monoisotopic (exact) mass is 215 g/mol. The van der Waals surface area contributed by atoms with E-state index in [1.165, 1.54) is 0 Å². The average Bonchev–Trinajstić information content (AvgIpc) is 2.69. The maximum Gasteiger partial charge on any atom is 0.172 e.